The molecule has 2 aromatic carbocycles. The standard InChI is InChI=1S/C15H13Br4NS/c1-2-3-21-15-11(5-9(17)7-13(15)19)10-4-8(16)6-12(18)14(10)20/h4-7H,2-3,20H2,1H3. The Bertz CT molecular complexity index is 673. The minimum Gasteiger partial charge on any atom is -0.397 e. The Labute approximate surface area is 163 Å². The summed E-state index contributed by atoms with van der Waals surface area (Å²) >= 11 is 16.2. The molecule has 112 valence electrons. The van der Waals surface area contributed by atoms with Gasteiger partial charge in [-0.3, -0.25) is 0 Å². The average Bonchev–Trinajstić information content (AvgIpc) is 2.41. The summed E-state index contributed by atoms with van der Waals surface area (Å²) in [5.74, 6) is 1.07. The molecule has 0 aliphatic heterocycles. The molecule has 0 spiro atoms. The van der Waals surface area contributed by atoms with Gasteiger partial charge in [0.15, 0.2) is 0 Å². The highest BCUT2D eigenvalue weighted by molar-refractivity contribution is 9.11. The second-order valence-corrected chi connectivity index (χ2v) is 9.11. The summed E-state index contributed by atoms with van der Waals surface area (Å²) in [6.07, 6.45) is 1.13. The zero-order chi connectivity index (χ0) is 15.6. The largest absolute Gasteiger partial charge is 0.397 e. The number of nitrogens with two attached hydrogens (primary N) is 1. The Morgan fingerprint density at radius 1 is 0.905 bits per heavy atom. The van der Waals surface area contributed by atoms with Crippen molar-refractivity contribution in [3.05, 3.63) is 42.2 Å². The van der Waals surface area contributed by atoms with Crippen molar-refractivity contribution in [2.45, 2.75) is 18.2 Å². The second kappa shape index (κ2) is 7.86. The van der Waals surface area contributed by atoms with Crippen LogP contribution < -0.4 is 5.73 Å². The molecule has 2 rings (SSSR count). The lowest BCUT2D eigenvalue weighted by atomic mass is 10.0. The lowest BCUT2D eigenvalue weighted by Gasteiger charge is -2.15. The van der Waals surface area contributed by atoms with Crippen molar-refractivity contribution in [2.75, 3.05) is 11.5 Å². The highest BCUT2D eigenvalue weighted by Crippen LogP contribution is 2.44. The molecule has 0 aromatic heterocycles. The molecule has 0 saturated heterocycles. The van der Waals surface area contributed by atoms with Crippen LogP contribution in [0.3, 0.4) is 0 Å². The van der Waals surface area contributed by atoms with Crippen molar-refractivity contribution in [1.82, 2.24) is 0 Å². The smallest absolute Gasteiger partial charge is 0.0539 e. The Hall–Kier alpha value is 0.510. The summed E-state index contributed by atoms with van der Waals surface area (Å²) in [5.41, 5.74) is 9.18. The van der Waals surface area contributed by atoms with E-state index in [0.29, 0.717) is 0 Å². The van der Waals surface area contributed by atoms with Gasteiger partial charge < -0.3 is 5.73 Å². The van der Waals surface area contributed by atoms with Gasteiger partial charge in [-0.15, -0.1) is 11.8 Å². The van der Waals surface area contributed by atoms with Crippen LogP contribution in [0.4, 0.5) is 5.69 Å². The molecular weight excluding hydrogens is 546 g/mol. The Morgan fingerprint density at radius 3 is 2.10 bits per heavy atom. The first-order valence-corrected chi connectivity index (χ1v) is 10.5. The Kier molecular flexibility index (Phi) is 6.69. The second-order valence-electron chi connectivity index (χ2n) is 4.46. The number of anilines is 1. The van der Waals surface area contributed by atoms with E-state index in [0.717, 1.165) is 46.9 Å². The van der Waals surface area contributed by atoms with Crippen LogP contribution in [0.15, 0.2) is 47.1 Å². The fraction of sp³-hybridized carbons (Fsp3) is 0.200. The molecule has 6 heteroatoms. The molecule has 0 bridgehead atoms. The van der Waals surface area contributed by atoms with Crippen LogP contribution in [0.1, 0.15) is 13.3 Å². The van der Waals surface area contributed by atoms with E-state index in [-0.39, 0.29) is 0 Å². The van der Waals surface area contributed by atoms with Gasteiger partial charge in [-0.1, -0.05) is 38.8 Å². The quantitative estimate of drug-likeness (QED) is 0.311. The number of benzene rings is 2. The molecule has 0 aliphatic rings. The van der Waals surface area contributed by atoms with Gasteiger partial charge in [0.2, 0.25) is 0 Å². The van der Waals surface area contributed by atoms with Crippen molar-refractivity contribution < 1.29 is 0 Å². The molecule has 2 aromatic rings. The minimum atomic E-state index is 0.751. The van der Waals surface area contributed by atoms with Gasteiger partial charge in [0.05, 0.1) is 5.69 Å². The van der Waals surface area contributed by atoms with E-state index in [1.54, 1.807) is 0 Å². The van der Waals surface area contributed by atoms with Gasteiger partial charge >= 0.3 is 0 Å². The normalized spacial score (nSPS) is 10.9. The number of nitrogen functional groups attached to an aromatic ring is 1. The minimum absolute atomic E-state index is 0.751. The van der Waals surface area contributed by atoms with E-state index in [1.807, 2.05) is 17.8 Å². The monoisotopic (exact) mass is 555 g/mol. The van der Waals surface area contributed by atoms with E-state index >= 15 is 0 Å². The van der Waals surface area contributed by atoms with Gasteiger partial charge in [-0.25, -0.2) is 0 Å². The number of rotatable bonds is 4. The van der Waals surface area contributed by atoms with Crippen molar-refractivity contribution in [3.8, 4) is 11.1 Å². The summed E-state index contributed by atoms with van der Waals surface area (Å²) in [7, 11) is 0. The van der Waals surface area contributed by atoms with Crippen LogP contribution in [-0.4, -0.2) is 5.75 Å². The van der Waals surface area contributed by atoms with Crippen LogP contribution in [0.2, 0.25) is 0 Å². The number of halogens is 4. The zero-order valence-corrected chi connectivity index (χ0v) is 18.4. The van der Waals surface area contributed by atoms with Gasteiger partial charge in [0, 0.05) is 28.3 Å². The molecule has 0 heterocycles. The van der Waals surface area contributed by atoms with E-state index in [9.17, 15) is 0 Å². The molecule has 0 atom stereocenters. The lowest BCUT2D eigenvalue weighted by molar-refractivity contribution is 1.10. The third-order valence-electron chi connectivity index (χ3n) is 2.84. The SMILES string of the molecule is CCCSc1c(Br)cc(Br)cc1-c1cc(Br)cc(Br)c1N. The van der Waals surface area contributed by atoms with E-state index in [1.165, 1.54) is 4.90 Å². The first kappa shape index (κ1) is 17.9. The van der Waals surface area contributed by atoms with Crippen LogP contribution >= 0.6 is 75.5 Å². The predicted octanol–water partition coefficient (Wildman–Crippen LogP) is 7.49. The van der Waals surface area contributed by atoms with E-state index in [2.05, 4.69) is 88.8 Å². The van der Waals surface area contributed by atoms with Gasteiger partial charge in [-0.05, 0) is 73.9 Å². The van der Waals surface area contributed by atoms with Crippen LogP contribution in [0, 0.1) is 0 Å². The first-order chi connectivity index (χ1) is 9.93. The molecule has 0 fully saturated rings. The molecule has 0 amide bonds. The van der Waals surface area contributed by atoms with Gasteiger partial charge in [0.25, 0.3) is 0 Å². The number of hydrogen-bond acceptors (Lipinski definition) is 2. The molecule has 0 saturated carbocycles. The highest BCUT2D eigenvalue weighted by Gasteiger charge is 2.15. The van der Waals surface area contributed by atoms with Crippen LogP contribution in [0.25, 0.3) is 11.1 Å². The fourth-order valence-corrected chi connectivity index (χ4v) is 5.64. The van der Waals surface area contributed by atoms with Crippen LogP contribution in [-0.2, 0) is 0 Å². The number of hydrogen-bond donors (Lipinski definition) is 1. The fourth-order valence-electron chi connectivity index (χ4n) is 1.92. The zero-order valence-electron chi connectivity index (χ0n) is 11.2. The van der Waals surface area contributed by atoms with Crippen molar-refractivity contribution in [1.29, 1.82) is 0 Å². The number of thioether (sulfide) groups is 1. The summed E-state index contributed by atoms with van der Waals surface area (Å²) in [6.45, 7) is 2.18. The van der Waals surface area contributed by atoms with Crippen LogP contribution in [0.5, 0.6) is 0 Å². The lowest BCUT2D eigenvalue weighted by Crippen LogP contribution is -1.94. The maximum absolute atomic E-state index is 6.27. The molecule has 2 N–H and O–H groups in total. The Balaban J connectivity index is 2.67. The third-order valence-corrected chi connectivity index (χ3v) is 6.64. The molecule has 0 radical (unpaired) electrons. The van der Waals surface area contributed by atoms with E-state index < -0.39 is 0 Å². The molecule has 1 nitrogen and oxygen atoms in total. The summed E-state index contributed by atoms with van der Waals surface area (Å²) in [5, 5.41) is 0. The summed E-state index contributed by atoms with van der Waals surface area (Å²) < 4.78 is 4.01. The van der Waals surface area contributed by atoms with Crippen molar-refractivity contribution >= 4 is 81.2 Å². The predicted molar refractivity (Wildman–Crippen MR) is 108 cm³/mol. The van der Waals surface area contributed by atoms with E-state index in [4.69, 9.17) is 5.73 Å². The molecule has 0 aliphatic carbocycles. The average molecular weight is 559 g/mol. The molecule has 21 heavy (non-hydrogen) atoms. The summed E-state index contributed by atoms with van der Waals surface area (Å²) in [4.78, 5) is 1.22. The maximum Gasteiger partial charge on any atom is 0.0539 e. The van der Waals surface area contributed by atoms with Gasteiger partial charge in [-0.2, -0.15) is 0 Å². The summed E-state index contributed by atoms with van der Waals surface area (Å²) in [6, 6.07) is 8.22. The topological polar surface area (TPSA) is 26.0 Å². The first-order valence-electron chi connectivity index (χ1n) is 6.30. The van der Waals surface area contributed by atoms with Gasteiger partial charge in [0.1, 0.15) is 0 Å². The third kappa shape index (κ3) is 4.28. The Morgan fingerprint density at radius 2 is 1.48 bits per heavy atom. The maximum atomic E-state index is 6.27. The highest BCUT2D eigenvalue weighted by atomic mass is 79.9. The molecule has 0 unspecified atom stereocenters. The van der Waals surface area contributed by atoms with Crippen molar-refractivity contribution in [3.63, 3.8) is 0 Å². The van der Waals surface area contributed by atoms with Crippen molar-refractivity contribution in [2.24, 2.45) is 0 Å². The molecular formula is C15H13Br4NS.